The Balaban J connectivity index is 1.57. The maximum atomic E-state index is 12.3. The van der Waals surface area contributed by atoms with Crippen molar-refractivity contribution in [1.29, 1.82) is 0 Å². The number of thiophene rings is 1. The lowest BCUT2D eigenvalue weighted by molar-refractivity contribution is -0.147. The number of para-hydroxylation sites is 1. The van der Waals surface area contributed by atoms with Crippen LogP contribution in [0, 0.1) is 0 Å². The molecule has 1 aromatic heterocycles. The van der Waals surface area contributed by atoms with Gasteiger partial charge >= 0.3 is 5.97 Å². The number of anilines is 1. The molecule has 3 rings (SSSR count). The van der Waals surface area contributed by atoms with E-state index in [-0.39, 0.29) is 12.3 Å². The molecule has 3 aromatic rings. The lowest BCUT2D eigenvalue weighted by Gasteiger charge is -2.16. The van der Waals surface area contributed by atoms with E-state index in [2.05, 4.69) is 10.6 Å². The normalized spacial score (nSPS) is 11.4. The number of carbonyl (C=O) groups is 3. The molecule has 0 saturated heterocycles. The minimum Gasteiger partial charge on any atom is -0.455 e. The Hall–Kier alpha value is -3.45. The summed E-state index contributed by atoms with van der Waals surface area (Å²) >= 11 is 1.44. The van der Waals surface area contributed by atoms with Gasteiger partial charge in [0, 0.05) is 23.1 Å². The van der Waals surface area contributed by atoms with Crippen molar-refractivity contribution in [2.24, 2.45) is 0 Å². The fourth-order valence-corrected chi connectivity index (χ4v) is 3.76. The molecule has 1 atom stereocenters. The molecule has 0 aliphatic rings. The number of hydrogen-bond donors (Lipinski definition) is 2. The van der Waals surface area contributed by atoms with Gasteiger partial charge in [-0.15, -0.1) is 11.3 Å². The monoisotopic (exact) mass is 422 g/mol. The Morgan fingerprint density at radius 2 is 1.70 bits per heavy atom. The average molecular weight is 423 g/mol. The van der Waals surface area contributed by atoms with E-state index in [4.69, 9.17) is 4.74 Å². The van der Waals surface area contributed by atoms with E-state index in [1.807, 2.05) is 66.0 Å². The Kier molecular flexibility index (Phi) is 7.34. The molecule has 0 aliphatic heterocycles. The number of esters is 1. The third-order valence-electron chi connectivity index (χ3n) is 4.29. The third-order valence-corrected chi connectivity index (χ3v) is 5.27. The first kappa shape index (κ1) is 21.3. The van der Waals surface area contributed by atoms with Crippen molar-refractivity contribution in [1.82, 2.24) is 5.32 Å². The predicted octanol–water partition coefficient (Wildman–Crippen LogP) is 4.16. The SMILES string of the molecule is CC(=O)NC(CC(=O)OCC(=O)Nc1ccccc1-c1ccccc1)c1cccs1. The molecular weight excluding hydrogens is 400 g/mol. The van der Waals surface area contributed by atoms with Crippen LogP contribution in [-0.4, -0.2) is 24.4 Å². The molecule has 0 saturated carbocycles. The molecule has 1 unspecified atom stereocenters. The zero-order valence-corrected chi connectivity index (χ0v) is 17.3. The fraction of sp³-hybridized carbons (Fsp3) is 0.174. The molecule has 1 heterocycles. The summed E-state index contributed by atoms with van der Waals surface area (Å²) in [4.78, 5) is 36.8. The lowest BCUT2D eigenvalue weighted by atomic mass is 10.0. The van der Waals surface area contributed by atoms with Crippen LogP contribution in [0.15, 0.2) is 72.1 Å². The van der Waals surface area contributed by atoms with Gasteiger partial charge in [0.25, 0.3) is 5.91 Å². The summed E-state index contributed by atoms with van der Waals surface area (Å²) in [5, 5.41) is 7.40. The highest BCUT2D eigenvalue weighted by Gasteiger charge is 2.20. The zero-order valence-electron chi connectivity index (χ0n) is 16.5. The first-order chi connectivity index (χ1) is 14.5. The van der Waals surface area contributed by atoms with Gasteiger partial charge in [-0.1, -0.05) is 54.6 Å². The van der Waals surface area contributed by atoms with Crippen LogP contribution in [-0.2, 0) is 19.1 Å². The van der Waals surface area contributed by atoms with E-state index in [0.717, 1.165) is 16.0 Å². The van der Waals surface area contributed by atoms with E-state index < -0.39 is 24.5 Å². The topological polar surface area (TPSA) is 84.5 Å². The van der Waals surface area contributed by atoms with Crippen LogP contribution in [0.3, 0.4) is 0 Å². The molecule has 2 N–H and O–H groups in total. The molecule has 6 nitrogen and oxygen atoms in total. The van der Waals surface area contributed by atoms with Gasteiger partial charge in [0.15, 0.2) is 6.61 Å². The Bertz CT molecular complexity index is 1000. The molecule has 0 aliphatic carbocycles. The second-order valence-corrected chi connectivity index (χ2v) is 7.57. The number of benzene rings is 2. The molecule has 2 amide bonds. The summed E-state index contributed by atoms with van der Waals surface area (Å²) < 4.78 is 5.13. The number of nitrogens with one attached hydrogen (secondary N) is 2. The second kappa shape index (κ2) is 10.4. The van der Waals surface area contributed by atoms with Crippen molar-refractivity contribution >= 4 is 34.8 Å². The van der Waals surface area contributed by atoms with Crippen LogP contribution >= 0.6 is 11.3 Å². The summed E-state index contributed by atoms with van der Waals surface area (Å²) in [6, 6.07) is 20.3. The predicted molar refractivity (Wildman–Crippen MR) is 117 cm³/mol. The van der Waals surface area contributed by atoms with Gasteiger partial charge in [-0.25, -0.2) is 0 Å². The number of carbonyl (C=O) groups excluding carboxylic acids is 3. The van der Waals surface area contributed by atoms with Crippen molar-refractivity contribution in [3.8, 4) is 11.1 Å². The van der Waals surface area contributed by atoms with Crippen molar-refractivity contribution in [3.05, 3.63) is 77.0 Å². The highest BCUT2D eigenvalue weighted by atomic mass is 32.1. The summed E-state index contributed by atoms with van der Waals surface area (Å²) in [5.74, 6) is -1.23. The summed E-state index contributed by atoms with van der Waals surface area (Å²) in [6.07, 6.45) is -0.0476. The van der Waals surface area contributed by atoms with Crippen LogP contribution in [0.5, 0.6) is 0 Å². The van der Waals surface area contributed by atoms with Gasteiger partial charge in [0.2, 0.25) is 5.91 Å². The quantitative estimate of drug-likeness (QED) is 0.534. The second-order valence-electron chi connectivity index (χ2n) is 6.59. The fourth-order valence-electron chi connectivity index (χ4n) is 2.98. The van der Waals surface area contributed by atoms with Crippen LogP contribution in [0.1, 0.15) is 24.3 Å². The molecule has 0 fully saturated rings. The van der Waals surface area contributed by atoms with Crippen molar-refractivity contribution in [2.75, 3.05) is 11.9 Å². The Morgan fingerprint density at radius 1 is 0.967 bits per heavy atom. The maximum Gasteiger partial charge on any atom is 0.308 e. The molecule has 30 heavy (non-hydrogen) atoms. The van der Waals surface area contributed by atoms with Crippen LogP contribution in [0.25, 0.3) is 11.1 Å². The maximum absolute atomic E-state index is 12.3. The van der Waals surface area contributed by atoms with Crippen LogP contribution in [0.4, 0.5) is 5.69 Å². The molecule has 0 spiro atoms. The smallest absolute Gasteiger partial charge is 0.308 e. The van der Waals surface area contributed by atoms with Crippen LogP contribution < -0.4 is 10.6 Å². The Labute approximate surface area is 178 Å². The number of amides is 2. The third kappa shape index (κ3) is 6.02. The average Bonchev–Trinajstić information content (AvgIpc) is 3.27. The van der Waals surface area contributed by atoms with Gasteiger partial charge in [-0.3, -0.25) is 14.4 Å². The first-order valence-electron chi connectivity index (χ1n) is 9.43. The largest absolute Gasteiger partial charge is 0.455 e. The molecular formula is C23H22N2O4S. The van der Waals surface area contributed by atoms with Crippen LogP contribution in [0.2, 0.25) is 0 Å². The lowest BCUT2D eigenvalue weighted by Crippen LogP contribution is -2.29. The molecule has 0 radical (unpaired) electrons. The minimum absolute atomic E-state index is 0.0476. The van der Waals surface area contributed by atoms with Crippen molar-refractivity contribution in [2.45, 2.75) is 19.4 Å². The van der Waals surface area contributed by atoms with Gasteiger partial charge in [0.05, 0.1) is 12.5 Å². The summed E-state index contributed by atoms with van der Waals surface area (Å²) in [6.45, 7) is 0.989. The summed E-state index contributed by atoms with van der Waals surface area (Å²) in [7, 11) is 0. The number of rotatable bonds is 8. The number of ether oxygens (including phenoxy) is 1. The van der Waals surface area contributed by atoms with E-state index >= 15 is 0 Å². The molecule has 154 valence electrons. The van der Waals surface area contributed by atoms with Crippen molar-refractivity contribution in [3.63, 3.8) is 0 Å². The van der Waals surface area contributed by atoms with E-state index in [1.165, 1.54) is 18.3 Å². The van der Waals surface area contributed by atoms with Gasteiger partial charge < -0.3 is 15.4 Å². The van der Waals surface area contributed by atoms with Gasteiger partial charge in [-0.05, 0) is 23.1 Å². The van der Waals surface area contributed by atoms with E-state index in [1.54, 1.807) is 6.07 Å². The minimum atomic E-state index is -0.561. The van der Waals surface area contributed by atoms with Gasteiger partial charge in [0.1, 0.15) is 0 Å². The number of hydrogen-bond acceptors (Lipinski definition) is 5. The van der Waals surface area contributed by atoms with E-state index in [9.17, 15) is 14.4 Å². The molecule has 7 heteroatoms. The summed E-state index contributed by atoms with van der Waals surface area (Å²) in [5.41, 5.74) is 2.49. The Morgan fingerprint density at radius 3 is 2.40 bits per heavy atom. The highest BCUT2D eigenvalue weighted by molar-refractivity contribution is 7.10. The van der Waals surface area contributed by atoms with Gasteiger partial charge in [-0.2, -0.15) is 0 Å². The van der Waals surface area contributed by atoms with Crippen molar-refractivity contribution < 1.29 is 19.1 Å². The molecule has 2 aromatic carbocycles. The standard InChI is InChI=1S/C23H22N2O4S/c1-16(26)24-20(21-12-7-13-30-21)14-23(28)29-15-22(27)25-19-11-6-5-10-18(19)17-8-3-2-4-9-17/h2-13,20H,14-15H2,1H3,(H,24,26)(H,25,27). The first-order valence-corrected chi connectivity index (χ1v) is 10.3. The highest BCUT2D eigenvalue weighted by Crippen LogP contribution is 2.27. The zero-order chi connectivity index (χ0) is 21.3. The molecule has 0 bridgehead atoms. The van der Waals surface area contributed by atoms with E-state index in [0.29, 0.717) is 5.69 Å².